The number of benzene rings is 2. The average molecular weight is 282 g/mol. The van der Waals surface area contributed by atoms with E-state index in [0.29, 0.717) is 0 Å². The van der Waals surface area contributed by atoms with Gasteiger partial charge >= 0.3 is 25.4 Å². The summed E-state index contributed by atoms with van der Waals surface area (Å²) in [4.78, 5) is 0. The molecule has 0 spiro atoms. The van der Waals surface area contributed by atoms with Crippen molar-refractivity contribution in [3.8, 4) is 0 Å². The van der Waals surface area contributed by atoms with Gasteiger partial charge in [0.15, 0.2) is 0 Å². The van der Waals surface area contributed by atoms with Gasteiger partial charge in [0.1, 0.15) is 0 Å². The quantitative estimate of drug-likeness (QED) is 0.422. The fourth-order valence-electron chi connectivity index (χ4n) is 0.684. The smallest absolute Gasteiger partial charge is 0.241 e. The molecule has 0 bridgehead atoms. The Kier molecular flexibility index (Phi) is 17.6. The van der Waals surface area contributed by atoms with Crippen LogP contribution in [0.1, 0.15) is 0 Å². The van der Waals surface area contributed by atoms with Crippen molar-refractivity contribution in [2.24, 2.45) is 0 Å². The molecule has 0 atom stereocenters. The molecule has 2 nitrogen and oxygen atoms in total. The van der Waals surface area contributed by atoms with Gasteiger partial charge in [-0.2, -0.15) is 72.8 Å². The summed E-state index contributed by atoms with van der Waals surface area (Å²) in [7, 11) is -1.42. The third-order valence-corrected chi connectivity index (χ3v) is 1.21. The summed E-state index contributed by atoms with van der Waals surface area (Å²) < 4.78 is 16.8. The molecule has 2 aromatic carbocycles. The van der Waals surface area contributed by atoms with E-state index in [1.165, 1.54) is 0 Å². The van der Waals surface area contributed by atoms with Crippen LogP contribution in [0.15, 0.2) is 60.7 Å². The molecule has 0 heterocycles. The first-order valence-electron chi connectivity index (χ1n) is 4.23. The van der Waals surface area contributed by atoms with E-state index in [1.54, 1.807) is 0 Å². The van der Waals surface area contributed by atoms with E-state index in [4.69, 9.17) is 9.13 Å². The molecule has 0 aliphatic carbocycles. The maximum atomic E-state index is 8.40. The van der Waals surface area contributed by atoms with Crippen LogP contribution < -0.4 is 0 Å². The Bertz CT molecular complexity index is 263. The van der Waals surface area contributed by atoms with Gasteiger partial charge in [0.25, 0.3) is 0 Å². The summed E-state index contributed by atoms with van der Waals surface area (Å²) in [5, 5.41) is 0. The monoisotopic (exact) mass is 281 g/mol. The fraction of sp³-hybridized carbons (Fsp3) is 0. The van der Waals surface area contributed by atoms with Crippen molar-refractivity contribution in [2.45, 2.75) is 0 Å². The van der Waals surface area contributed by atoms with Gasteiger partial charge in [-0.3, -0.25) is 0 Å². The van der Waals surface area contributed by atoms with Crippen LogP contribution >= 0.6 is 8.34 Å². The zero-order valence-electron chi connectivity index (χ0n) is 8.39. The second kappa shape index (κ2) is 16.3. The molecule has 0 saturated carbocycles. The van der Waals surface area contributed by atoms with Gasteiger partial charge < -0.3 is 0 Å². The Morgan fingerprint density at radius 1 is 0.625 bits per heavy atom. The number of hydrogen-bond acceptors (Lipinski definition) is 2. The minimum absolute atomic E-state index is 0. The summed E-state index contributed by atoms with van der Waals surface area (Å²) in [5.41, 5.74) is 0. The predicted octanol–water partition coefficient (Wildman–Crippen LogP) is 3.33. The van der Waals surface area contributed by atoms with Gasteiger partial charge in [-0.1, -0.05) is 0 Å². The molecule has 0 aromatic heterocycles. The first-order chi connectivity index (χ1) is 7.41. The first-order valence-corrected chi connectivity index (χ1v) is 5.05. The summed E-state index contributed by atoms with van der Waals surface area (Å²) in [6.07, 6.45) is 0. The van der Waals surface area contributed by atoms with E-state index in [9.17, 15) is 0 Å². The molecule has 87 valence electrons. The number of rotatable bonds is 0. The third-order valence-electron chi connectivity index (χ3n) is 1.21. The van der Waals surface area contributed by atoms with Gasteiger partial charge in [-0.15, -0.1) is 0 Å². The zero-order chi connectivity index (χ0) is 11.2. The third kappa shape index (κ3) is 15.3. The van der Waals surface area contributed by atoms with Crippen molar-refractivity contribution in [3.05, 3.63) is 72.8 Å². The van der Waals surface area contributed by atoms with Gasteiger partial charge in [0, 0.05) is 0 Å². The predicted molar refractivity (Wildman–Crippen MR) is 60.2 cm³/mol. The molecular weight excluding hydrogens is 271 g/mol. The summed E-state index contributed by atoms with van der Waals surface area (Å²) in [5.74, 6) is 0. The molecule has 2 aromatic rings. The first kappa shape index (κ1) is 17.3. The molecule has 0 aliphatic heterocycles. The van der Waals surface area contributed by atoms with Gasteiger partial charge in [-0.05, 0) is 0 Å². The Balaban J connectivity index is 0. The zero-order valence-corrected chi connectivity index (χ0v) is 10.3. The standard InChI is InChI=1S/2C6H5.Cu.HO2P/c2*1-2-4-6-5-3-1;;1-3-2/h2*1-5H;;3H/q2*-1;+2;. The Labute approximate surface area is 107 Å². The molecule has 0 saturated heterocycles. The number of hydrogen-bond donors (Lipinski definition) is 0. The summed E-state index contributed by atoms with van der Waals surface area (Å²) in [6, 6.07) is 25.0. The van der Waals surface area contributed by atoms with Crippen LogP contribution in [-0.4, -0.2) is 0 Å². The second-order valence-electron chi connectivity index (χ2n) is 2.24. The van der Waals surface area contributed by atoms with Gasteiger partial charge in [0.2, 0.25) is 0 Å². The van der Waals surface area contributed by atoms with E-state index in [2.05, 4.69) is 12.1 Å². The minimum Gasteiger partial charge on any atom is -0.241 e. The second-order valence-corrected chi connectivity index (χ2v) is 2.40. The molecule has 2 rings (SSSR count). The molecular formula is C12H11CuO2P. The Hall–Kier alpha value is -1.14. The molecule has 16 heavy (non-hydrogen) atoms. The van der Waals surface area contributed by atoms with E-state index in [-0.39, 0.29) is 17.1 Å². The van der Waals surface area contributed by atoms with Crippen LogP contribution in [0.5, 0.6) is 0 Å². The maximum absolute atomic E-state index is 8.40. The van der Waals surface area contributed by atoms with Crippen LogP contribution in [0.25, 0.3) is 0 Å². The normalized spacial score (nSPS) is 6.75. The van der Waals surface area contributed by atoms with Crippen molar-refractivity contribution in [2.75, 3.05) is 0 Å². The van der Waals surface area contributed by atoms with Crippen molar-refractivity contribution >= 4 is 8.34 Å². The largest absolute Gasteiger partial charge is 2.00 e. The van der Waals surface area contributed by atoms with Crippen LogP contribution in [0.4, 0.5) is 0 Å². The SMILES string of the molecule is O=[PH]=O.[Cu+2].[c-]1ccccc1.[c-]1ccccc1. The Morgan fingerprint density at radius 2 is 0.875 bits per heavy atom. The topological polar surface area (TPSA) is 34.1 Å². The average Bonchev–Trinajstić information content (AvgIpc) is 2.35. The van der Waals surface area contributed by atoms with Crippen molar-refractivity contribution < 1.29 is 26.2 Å². The minimum atomic E-state index is -1.42. The van der Waals surface area contributed by atoms with Gasteiger partial charge in [-0.25, -0.2) is 9.13 Å². The van der Waals surface area contributed by atoms with Crippen LogP contribution in [0.3, 0.4) is 0 Å². The van der Waals surface area contributed by atoms with E-state index >= 15 is 0 Å². The van der Waals surface area contributed by atoms with Gasteiger partial charge in [0.05, 0.1) is 0 Å². The molecule has 1 radical (unpaired) electrons. The van der Waals surface area contributed by atoms with E-state index < -0.39 is 8.34 Å². The van der Waals surface area contributed by atoms with Crippen LogP contribution in [0, 0.1) is 12.1 Å². The van der Waals surface area contributed by atoms with Crippen molar-refractivity contribution in [3.63, 3.8) is 0 Å². The fourth-order valence-corrected chi connectivity index (χ4v) is 0.684. The van der Waals surface area contributed by atoms with E-state index in [0.717, 1.165) is 0 Å². The molecule has 4 heteroatoms. The molecule has 0 unspecified atom stereocenters. The summed E-state index contributed by atoms with van der Waals surface area (Å²) in [6.45, 7) is 0. The Morgan fingerprint density at radius 3 is 0.938 bits per heavy atom. The van der Waals surface area contributed by atoms with E-state index in [1.807, 2.05) is 60.7 Å². The molecule has 0 fully saturated rings. The van der Waals surface area contributed by atoms with Crippen LogP contribution in [-0.2, 0) is 26.2 Å². The van der Waals surface area contributed by atoms with Crippen molar-refractivity contribution in [1.29, 1.82) is 0 Å². The summed E-state index contributed by atoms with van der Waals surface area (Å²) >= 11 is 0. The molecule has 0 amide bonds. The van der Waals surface area contributed by atoms with Crippen molar-refractivity contribution in [1.82, 2.24) is 0 Å². The molecule has 0 aliphatic rings. The maximum Gasteiger partial charge on any atom is 2.00 e. The van der Waals surface area contributed by atoms with Crippen LogP contribution in [0.2, 0.25) is 0 Å². The molecule has 0 N–H and O–H groups in total.